The Balaban J connectivity index is 1.38. The Labute approximate surface area is 161 Å². The number of aromatic nitrogens is 1. The number of fused-ring (bicyclic) bond motifs is 5. The fourth-order valence-electron chi connectivity index (χ4n) is 4.12. The minimum Gasteiger partial charge on any atom is -0.494 e. The van der Waals surface area contributed by atoms with E-state index in [1.54, 1.807) is 0 Å². The summed E-state index contributed by atoms with van der Waals surface area (Å²) in [7, 11) is 0. The van der Waals surface area contributed by atoms with Gasteiger partial charge in [0.1, 0.15) is 12.4 Å². The number of hydrogen-bond acceptors (Lipinski definition) is 3. The van der Waals surface area contributed by atoms with Gasteiger partial charge in [-0.05, 0) is 48.4 Å². The molecule has 2 aromatic carbocycles. The van der Waals surface area contributed by atoms with Crippen molar-refractivity contribution in [1.29, 1.82) is 0 Å². The number of benzene rings is 2. The number of aromatic hydroxyl groups is 2. The molecule has 1 aromatic heterocycles. The van der Waals surface area contributed by atoms with Crippen molar-refractivity contribution < 1.29 is 14.9 Å². The van der Waals surface area contributed by atoms with Gasteiger partial charge in [-0.3, -0.25) is 4.57 Å². The first kappa shape index (κ1) is 16.3. The lowest BCUT2D eigenvalue weighted by molar-refractivity contribution is 0.306. The van der Waals surface area contributed by atoms with Gasteiger partial charge < -0.3 is 14.9 Å². The second-order valence-corrected chi connectivity index (χ2v) is 7.49. The molecular weight excluding hydrogens is 362 g/mol. The molecule has 0 radical (unpaired) electrons. The minimum absolute atomic E-state index is 0.134. The normalized spacial score (nSPS) is 19.4. The van der Waals surface area contributed by atoms with Crippen LogP contribution >= 0.6 is 11.6 Å². The largest absolute Gasteiger partial charge is 0.494 e. The summed E-state index contributed by atoms with van der Waals surface area (Å²) >= 11 is 5.89. The molecule has 2 N–H and O–H groups in total. The van der Waals surface area contributed by atoms with Crippen LogP contribution in [0.4, 0.5) is 0 Å². The van der Waals surface area contributed by atoms with E-state index in [1.165, 1.54) is 4.57 Å². The van der Waals surface area contributed by atoms with Gasteiger partial charge in [-0.1, -0.05) is 35.9 Å². The van der Waals surface area contributed by atoms with E-state index >= 15 is 0 Å². The Morgan fingerprint density at radius 3 is 2.07 bits per heavy atom. The van der Waals surface area contributed by atoms with Crippen LogP contribution in [-0.4, -0.2) is 14.8 Å². The average Bonchev–Trinajstić information content (AvgIpc) is 3.36. The zero-order valence-corrected chi connectivity index (χ0v) is 15.2. The van der Waals surface area contributed by atoms with Gasteiger partial charge >= 0.3 is 0 Å². The molecule has 2 aliphatic carbocycles. The molecule has 0 saturated heterocycles. The molecule has 0 spiro atoms. The molecule has 3 aromatic rings. The molecule has 136 valence electrons. The van der Waals surface area contributed by atoms with Gasteiger partial charge in [-0.2, -0.15) is 0 Å². The van der Waals surface area contributed by atoms with E-state index < -0.39 is 0 Å². The Hall–Kier alpha value is -2.85. The predicted molar refractivity (Wildman–Crippen MR) is 104 cm³/mol. The molecular formula is C22H18ClNO3. The van der Waals surface area contributed by atoms with Crippen LogP contribution in [0, 0.1) is 0 Å². The highest BCUT2D eigenvalue weighted by Gasteiger charge is 2.41. The van der Waals surface area contributed by atoms with Crippen molar-refractivity contribution in [1.82, 2.24) is 4.57 Å². The van der Waals surface area contributed by atoms with Crippen molar-refractivity contribution in [2.45, 2.75) is 24.9 Å². The molecule has 0 saturated carbocycles. The van der Waals surface area contributed by atoms with E-state index in [-0.39, 0.29) is 23.6 Å². The highest BCUT2D eigenvalue weighted by atomic mass is 35.5. The number of allylic oxidation sites excluding steroid dienone is 2. The number of hydrogen-bond donors (Lipinski definition) is 2. The van der Waals surface area contributed by atoms with Crippen molar-refractivity contribution in [3.63, 3.8) is 0 Å². The van der Waals surface area contributed by atoms with Gasteiger partial charge in [0.05, 0.1) is 5.69 Å². The third-order valence-corrected chi connectivity index (χ3v) is 5.69. The molecule has 2 bridgehead atoms. The van der Waals surface area contributed by atoms with Gasteiger partial charge in [0.15, 0.2) is 0 Å². The first-order valence-electron chi connectivity index (χ1n) is 8.94. The van der Waals surface area contributed by atoms with Crippen molar-refractivity contribution in [2.24, 2.45) is 0 Å². The summed E-state index contributed by atoms with van der Waals surface area (Å²) in [5.41, 5.74) is 3.47. The molecule has 0 fully saturated rings. The molecule has 2 aliphatic rings. The first-order valence-corrected chi connectivity index (χ1v) is 9.32. The van der Waals surface area contributed by atoms with Crippen LogP contribution in [-0.2, 0) is 6.61 Å². The number of rotatable bonds is 4. The molecule has 2 atom stereocenters. The molecule has 27 heavy (non-hydrogen) atoms. The molecule has 5 heteroatoms. The maximum atomic E-state index is 10.7. The lowest BCUT2D eigenvalue weighted by Crippen LogP contribution is -1.97. The van der Waals surface area contributed by atoms with Crippen molar-refractivity contribution in [2.75, 3.05) is 0 Å². The third-order valence-electron chi connectivity index (χ3n) is 5.43. The monoisotopic (exact) mass is 379 g/mol. The quantitative estimate of drug-likeness (QED) is 0.608. The summed E-state index contributed by atoms with van der Waals surface area (Å²) in [6.45, 7) is 0.444. The van der Waals surface area contributed by atoms with Crippen LogP contribution in [0.25, 0.3) is 5.69 Å². The molecule has 0 amide bonds. The zero-order chi connectivity index (χ0) is 18.5. The van der Waals surface area contributed by atoms with E-state index in [0.717, 1.165) is 23.1 Å². The van der Waals surface area contributed by atoms with Crippen LogP contribution < -0.4 is 4.74 Å². The van der Waals surface area contributed by atoms with Crippen LogP contribution in [0.3, 0.4) is 0 Å². The Morgan fingerprint density at radius 2 is 1.48 bits per heavy atom. The molecule has 4 nitrogen and oxygen atoms in total. The number of halogens is 1. The Kier molecular flexibility index (Phi) is 3.69. The van der Waals surface area contributed by atoms with Crippen molar-refractivity contribution in [3.05, 3.63) is 82.4 Å². The second-order valence-electron chi connectivity index (χ2n) is 7.05. The van der Waals surface area contributed by atoms with Gasteiger partial charge in [0.2, 0.25) is 11.8 Å². The standard InChI is InChI=1S/C22H18ClNO3/c23-16-5-1-13(2-6-16)12-27-18-9-7-17(8-10-18)24-21(25)19-14-3-4-15(11-14)20(19)22(24)26/h1-10,14-15,25-26H,11-12H2. The van der Waals surface area contributed by atoms with E-state index in [0.29, 0.717) is 23.1 Å². The fourth-order valence-corrected chi connectivity index (χ4v) is 4.25. The summed E-state index contributed by atoms with van der Waals surface area (Å²) in [5.74, 6) is 1.40. The Bertz CT molecular complexity index is 999. The average molecular weight is 380 g/mol. The second kappa shape index (κ2) is 6.10. The smallest absolute Gasteiger partial charge is 0.202 e. The summed E-state index contributed by atoms with van der Waals surface area (Å²) < 4.78 is 7.32. The summed E-state index contributed by atoms with van der Waals surface area (Å²) in [4.78, 5) is 0. The van der Waals surface area contributed by atoms with Crippen molar-refractivity contribution in [3.8, 4) is 23.2 Å². The lowest BCUT2D eigenvalue weighted by Gasteiger charge is -2.11. The molecule has 5 rings (SSSR count). The van der Waals surface area contributed by atoms with E-state index in [1.807, 2.05) is 48.5 Å². The molecule has 1 heterocycles. The highest BCUT2D eigenvalue weighted by molar-refractivity contribution is 6.30. The molecule has 0 aliphatic heterocycles. The fraction of sp³-hybridized carbons (Fsp3) is 0.182. The summed E-state index contributed by atoms with van der Waals surface area (Å²) in [5, 5.41) is 22.1. The lowest BCUT2D eigenvalue weighted by atomic mass is 10.0. The van der Waals surface area contributed by atoms with E-state index in [4.69, 9.17) is 16.3 Å². The van der Waals surface area contributed by atoms with Gasteiger partial charge in [0, 0.05) is 28.0 Å². The molecule has 2 unspecified atom stereocenters. The maximum absolute atomic E-state index is 10.7. The van der Waals surface area contributed by atoms with Gasteiger partial charge in [-0.25, -0.2) is 0 Å². The van der Waals surface area contributed by atoms with Crippen LogP contribution in [0.2, 0.25) is 5.02 Å². The number of ether oxygens (including phenoxy) is 1. The van der Waals surface area contributed by atoms with Gasteiger partial charge in [-0.15, -0.1) is 0 Å². The van der Waals surface area contributed by atoms with Crippen LogP contribution in [0.1, 0.15) is 34.9 Å². The SMILES string of the molecule is Oc1c2c(c(O)n1-c1ccc(OCc3ccc(Cl)cc3)cc1)C1C=CC2C1. The van der Waals surface area contributed by atoms with E-state index in [9.17, 15) is 10.2 Å². The van der Waals surface area contributed by atoms with Gasteiger partial charge in [0.25, 0.3) is 0 Å². The summed E-state index contributed by atoms with van der Waals surface area (Å²) in [6, 6.07) is 14.9. The predicted octanol–water partition coefficient (Wildman–Crippen LogP) is 5.26. The van der Waals surface area contributed by atoms with Crippen LogP contribution in [0.5, 0.6) is 17.5 Å². The van der Waals surface area contributed by atoms with E-state index in [2.05, 4.69) is 12.2 Å². The minimum atomic E-state index is 0.134. The third kappa shape index (κ3) is 2.60. The van der Waals surface area contributed by atoms with Crippen molar-refractivity contribution >= 4 is 11.6 Å². The maximum Gasteiger partial charge on any atom is 0.202 e. The summed E-state index contributed by atoms with van der Waals surface area (Å²) in [6.07, 6.45) is 5.18. The zero-order valence-electron chi connectivity index (χ0n) is 14.5. The highest BCUT2D eigenvalue weighted by Crippen LogP contribution is 2.57. The van der Waals surface area contributed by atoms with Crippen LogP contribution in [0.15, 0.2) is 60.7 Å². The first-order chi connectivity index (χ1) is 13.1. The number of nitrogens with zero attached hydrogens (tertiary/aromatic N) is 1. The topological polar surface area (TPSA) is 54.6 Å². The Morgan fingerprint density at radius 1 is 0.889 bits per heavy atom.